The third kappa shape index (κ3) is 5.28. The average Bonchev–Trinajstić information content (AvgIpc) is 3.46. The molecule has 1 saturated heterocycles. The first kappa shape index (κ1) is 21.4. The van der Waals surface area contributed by atoms with Crippen molar-refractivity contribution in [1.29, 1.82) is 0 Å². The first-order valence-electron chi connectivity index (χ1n) is 9.75. The molecule has 0 radical (unpaired) electrons. The molecule has 3 aromatic rings. The number of anilines is 1. The Morgan fingerprint density at radius 2 is 1.87 bits per heavy atom. The number of benzene rings is 2. The van der Waals surface area contributed by atoms with E-state index in [2.05, 4.69) is 5.32 Å². The summed E-state index contributed by atoms with van der Waals surface area (Å²) in [4.78, 5) is 24.7. The lowest BCUT2D eigenvalue weighted by Crippen LogP contribution is -2.18. The van der Waals surface area contributed by atoms with Crippen LogP contribution in [0.15, 0.2) is 59.0 Å². The fourth-order valence-electron chi connectivity index (χ4n) is 3.20. The number of carbonyl (C=O) groups excluding carboxylic acids is 2. The zero-order valence-electron chi connectivity index (χ0n) is 16.4. The lowest BCUT2D eigenvalue weighted by atomic mass is 10.2. The molecular formula is C23H19Cl2NO5. The molecule has 0 aliphatic carbocycles. The molecule has 1 aliphatic rings. The van der Waals surface area contributed by atoms with E-state index >= 15 is 0 Å². The molecule has 1 aliphatic heterocycles. The molecule has 8 heteroatoms. The van der Waals surface area contributed by atoms with Gasteiger partial charge in [-0.05, 0) is 67.4 Å². The van der Waals surface area contributed by atoms with Crippen molar-refractivity contribution in [2.75, 3.05) is 18.5 Å². The lowest BCUT2D eigenvalue weighted by molar-refractivity contribution is 0.0161. The van der Waals surface area contributed by atoms with Gasteiger partial charge in [0.1, 0.15) is 12.4 Å². The summed E-state index contributed by atoms with van der Waals surface area (Å²) in [5, 5.41) is 3.70. The summed E-state index contributed by atoms with van der Waals surface area (Å²) < 4.78 is 16.4. The van der Waals surface area contributed by atoms with Crippen molar-refractivity contribution in [3.05, 3.63) is 76.0 Å². The Morgan fingerprint density at radius 1 is 1.06 bits per heavy atom. The number of hydrogen-bond acceptors (Lipinski definition) is 5. The largest absolute Gasteiger partial charge is 0.459 e. The van der Waals surface area contributed by atoms with Crippen LogP contribution in [-0.4, -0.2) is 31.2 Å². The van der Waals surface area contributed by atoms with Crippen LogP contribution in [0.1, 0.15) is 33.8 Å². The van der Waals surface area contributed by atoms with Crippen molar-refractivity contribution in [3.63, 3.8) is 0 Å². The Hall–Kier alpha value is -2.80. The molecule has 31 heavy (non-hydrogen) atoms. The van der Waals surface area contributed by atoms with Gasteiger partial charge in [-0.1, -0.05) is 23.2 Å². The van der Waals surface area contributed by atoms with Gasteiger partial charge in [-0.15, -0.1) is 0 Å². The molecular weight excluding hydrogens is 441 g/mol. The number of amides is 1. The molecule has 1 atom stereocenters. The van der Waals surface area contributed by atoms with Crippen LogP contribution in [-0.2, 0) is 9.47 Å². The van der Waals surface area contributed by atoms with Gasteiger partial charge in [-0.2, -0.15) is 0 Å². The maximum Gasteiger partial charge on any atom is 0.338 e. The summed E-state index contributed by atoms with van der Waals surface area (Å²) in [7, 11) is 0. The first-order valence-corrected chi connectivity index (χ1v) is 10.5. The van der Waals surface area contributed by atoms with E-state index in [0.717, 1.165) is 12.8 Å². The van der Waals surface area contributed by atoms with Crippen molar-refractivity contribution in [3.8, 4) is 11.3 Å². The highest BCUT2D eigenvalue weighted by Gasteiger charge is 2.18. The highest BCUT2D eigenvalue weighted by molar-refractivity contribution is 6.35. The molecule has 160 valence electrons. The second kappa shape index (κ2) is 9.56. The average molecular weight is 460 g/mol. The molecule has 0 spiro atoms. The van der Waals surface area contributed by atoms with E-state index in [1.165, 1.54) is 0 Å². The van der Waals surface area contributed by atoms with Crippen LogP contribution < -0.4 is 5.32 Å². The summed E-state index contributed by atoms with van der Waals surface area (Å²) in [5.41, 5.74) is 1.50. The molecule has 2 aromatic carbocycles. The Morgan fingerprint density at radius 3 is 2.61 bits per heavy atom. The molecule has 1 fully saturated rings. The number of carbonyl (C=O) groups is 2. The van der Waals surface area contributed by atoms with Crippen molar-refractivity contribution >= 4 is 40.8 Å². The number of hydrogen-bond donors (Lipinski definition) is 1. The standard InChI is InChI=1S/C23H19Cl2NO5/c24-15-5-8-19(25)18(12-15)20-9-10-21(31-20)22(27)26-16-6-3-14(4-7-16)23(28)30-13-17-2-1-11-29-17/h3-10,12,17H,1-2,11,13H2,(H,26,27). The Balaban J connectivity index is 1.37. The number of rotatable bonds is 6. The van der Waals surface area contributed by atoms with Crippen LogP contribution in [0.3, 0.4) is 0 Å². The fraction of sp³-hybridized carbons (Fsp3) is 0.217. The van der Waals surface area contributed by atoms with Crippen molar-refractivity contribution in [1.82, 2.24) is 0 Å². The second-order valence-electron chi connectivity index (χ2n) is 7.05. The molecule has 1 amide bonds. The Kier molecular flexibility index (Phi) is 6.61. The van der Waals surface area contributed by atoms with Gasteiger partial charge in [0, 0.05) is 22.9 Å². The summed E-state index contributed by atoms with van der Waals surface area (Å²) in [6.07, 6.45) is 1.86. The van der Waals surface area contributed by atoms with E-state index < -0.39 is 11.9 Å². The van der Waals surface area contributed by atoms with Gasteiger partial charge >= 0.3 is 5.97 Å². The Labute approximate surface area is 189 Å². The van der Waals surface area contributed by atoms with Crippen LogP contribution >= 0.6 is 23.2 Å². The minimum Gasteiger partial charge on any atom is -0.459 e. The Bertz CT molecular complexity index is 1090. The van der Waals surface area contributed by atoms with Crippen LogP contribution in [0.4, 0.5) is 5.69 Å². The first-order chi connectivity index (χ1) is 15.0. The van der Waals surface area contributed by atoms with Gasteiger partial charge in [-0.25, -0.2) is 4.79 Å². The maximum atomic E-state index is 12.5. The van der Waals surface area contributed by atoms with E-state index in [9.17, 15) is 9.59 Å². The smallest absolute Gasteiger partial charge is 0.338 e. The van der Waals surface area contributed by atoms with Crippen molar-refractivity contribution in [2.45, 2.75) is 18.9 Å². The topological polar surface area (TPSA) is 77.8 Å². The molecule has 1 aromatic heterocycles. The third-order valence-corrected chi connectivity index (χ3v) is 5.39. The molecule has 1 unspecified atom stereocenters. The van der Waals surface area contributed by atoms with Gasteiger partial charge in [0.15, 0.2) is 5.76 Å². The van der Waals surface area contributed by atoms with E-state index in [1.54, 1.807) is 54.6 Å². The molecule has 4 rings (SSSR count). The quantitative estimate of drug-likeness (QED) is 0.468. The minimum absolute atomic E-state index is 0.0255. The summed E-state index contributed by atoms with van der Waals surface area (Å²) in [6.45, 7) is 0.953. The number of ether oxygens (including phenoxy) is 2. The monoisotopic (exact) mass is 459 g/mol. The number of esters is 1. The van der Waals surface area contributed by atoms with Crippen LogP contribution in [0.2, 0.25) is 10.0 Å². The van der Waals surface area contributed by atoms with Gasteiger partial charge in [0.05, 0.1) is 16.7 Å². The summed E-state index contributed by atoms with van der Waals surface area (Å²) in [5.74, 6) is -0.311. The van der Waals surface area contributed by atoms with E-state index in [0.29, 0.717) is 39.2 Å². The number of nitrogens with one attached hydrogen (secondary N) is 1. The van der Waals surface area contributed by atoms with Gasteiger partial charge in [0.25, 0.3) is 5.91 Å². The van der Waals surface area contributed by atoms with Crippen molar-refractivity contribution < 1.29 is 23.5 Å². The molecule has 2 heterocycles. The number of halogens is 2. The maximum absolute atomic E-state index is 12.5. The minimum atomic E-state index is -0.432. The van der Waals surface area contributed by atoms with Gasteiger partial charge in [0.2, 0.25) is 0 Å². The van der Waals surface area contributed by atoms with Crippen molar-refractivity contribution in [2.24, 2.45) is 0 Å². The third-order valence-electron chi connectivity index (χ3n) is 4.83. The van der Waals surface area contributed by atoms with E-state index in [1.807, 2.05) is 0 Å². The lowest BCUT2D eigenvalue weighted by Gasteiger charge is -2.10. The van der Waals surface area contributed by atoms with Crippen LogP contribution in [0, 0.1) is 0 Å². The summed E-state index contributed by atoms with van der Waals surface area (Å²) in [6, 6.07) is 14.6. The van der Waals surface area contributed by atoms with Crippen LogP contribution in [0.5, 0.6) is 0 Å². The second-order valence-corrected chi connectivity index (χ2v) is 7.90. The zero-order chi connectivity index (χ0) is 21.8. The molecule has 6 nitrogen and oxygen atoms in total. The van der Waals surface area contributed by atoms with Gasteiger partial charge < -0.3 is 19.2 Å². The molecule has 0 saturated carbocycles. The van der Waals surface area contributed by atoms with E-state index in [-0.39, 0.29) is 18.5 Å². The fourth-order valence-corrected chi connectivity index (χ4v) is 3.58. The normalized spacial score (nSPS) is 15.6. The number of furan rings is 1. The van der Waals surface area contributed by atoms with E-state index in [4.69, 9.17) is 37.1 Å². The summed E-state index contributed by atoms with van der Waals surface area (Å²) >= 11 is 12.2. The zero-order valence-corrected chi connectivity index (χ0v) is 17.9. The highest BCUT2D eigenvalue weighted by atomic mass is 35.5. The SMILES string of the molecule is O=C(OCC1CCCO1)c1ccc(NC(=O)c2ccc(-c3cc(Cl)ccc3Cl)o2)cc1. The molecule has 0 bridgehead atoms. The highest BCUT2D eigenvalue weighted by Crippen LogP contribution is 2.32. The van der Waals surface area contributed by atoms with Gasteiger partial charge in [-0.3, -0.25) is 4.79 Å². The molecule has 1 N–H and O–H groups in total. The van der Waals surface area contributed by atoms with Crippen LogP contribution in [0.25, 0.3) is 11.3 Å². The predicted molar refractivity (Wildman–Crippen MR) is 118 cm³/mol. The predicted octanol–water partition coefficient (Wildman–Crippen LogP) is 5.84.